The van der Waals surface area contributed by atoms with Crippen molar-refractivity contribution in [3.63, 3.8) is 0 Å². The number of amides is 1. The van der Waals surface area contributed by atoms with Crippen LogP contribution in [0.25, 0.3) is 11.6 Å². The van der Waals surface area contributed by atoms with E-state index in [2.05, 4.69) is 20.5 Å². The van der Waals surface area contributed by atoms with Crippen LogP contribution in [0.15, 0.2) is 28.9 Å². The van der Waals surface area contributed by atoms with Gasteiger partial charge in [-0.2, -0.15) is 4.98 Å². The predicted octanol–water partition coefficient (Wildman–Crippen LogP) is 3.48. The first kappa shape index (κ1) is 18.2. The second-order valence-corrected chi connectivity index (χ2v) is 7.88. The molecule has 0 atom stereocenters. The van der Waals surface area contributed by atoms with Crippen molar-refractivity contribution in [2.24, 2.45) is 0 Å². The van der Waals surface area contributed by atoms with Gasteiger partial charge in [-0.15, -0.1) is 5.10 Å². The molecular weight excluding hydrogens is 399 g/mol. The summed E-state index contributed by atoms with van der Waals surface area (Å²) in [6.45, 7) is 1.14. The Morgan fingerprint density at radius 1 is 1.21 bits per heavy atom. The zero-order valence-corrected chi connectivity index (χ0v) is 16.2. The number of aromatic nitrogens is 5. The smallest absolute Gasteiger partial charge is 0.280 e. The van der Waals surface area contributed by atoms with Gasteiger partial charge in [-0.3, -0.25) is 4.79 Å². The first-order valence-corrected chi connectivity index (χ1v) is 9.96. The van der Waals surface area contributed by atoms with Crippen LogP contribution >= 0.6 is 11.6 Å². The highest BCUT2D eigenvalue weighted by Crippen LogP contribution is 2.38. The van der Waals surface area contributed by atoms with Crippen molar-refractivity contribution in [2.75, 3.05) is 13.1 Å². The van der Waals surface area contributed by atoms with E-state index in [0.717, 1.165) is 31.5 Å². The molecule has 1 amide bonds. The lowest BCUT2D eigenvalue weighted by Crippen LogP contribution is -2.39. The summed E-state index contributed by atoms with van der Waals surface area (Å²) in [5.74, 6) is 0.860. The topological polar surface area (TPSA) is 89.9 Å². The van der Waals surface area contributed by atoms with Crippen LogP contribution in [0.5, 0.6) is 0 Å². The van der Waals surface area contributed by atoms with E-state index in [9.17, 15) is 9.18 Å². The molecule has 0 spiro atoms. The molecule has 0 radical (unpaired) electrons. The van der Waals surface area contributed by atoms with Gasteiger partial charge >= 0.3 is 0 Å². The van der Waals surface area contributed by atoms with Crippen LogP contribution < -0.4 is 0 Å². The highest BCUT2D eigenvalue weighted by atomic mass is 35.5. The number of hydrogen-bond acceptors (Lipinski definition) is 6. The van der Waals surface area contributed by atoms with Gasteiger partial charge in [0, 0.05) is 24.6 Å². The molecule has 10 heteroatoms. The average molecular weight is 417 g/mol. The van der Waals surface area contributed by atoms with E-state index in [1.807, 2.05) is 6.20 Å². The quantitative estimate of drug-likeness (QED) is 0.646. The lowest BCUT2D eigenvalue weighted by molar-refractivity contribution is 0.0689. The minimum atomic E-state index is -0.533. The summed E-state index contributed by atoms with van der Waals surface area (Å²) in [7, 11) is 0. The van der Waals surface area contributed by atoms with Crippen molar-refractivity contribution in [3.05, 3.63) is 46.6 Å². The van der Waals surface area contributed by atoms with Gasteiger partial charge < -0.3 is 9.42 Å². The number of benzene rings is 1. The molecule has 150 valence electrons. The number of piperidine rings is 1. The molecule has 2 aromatic heterocycles. The average Bonchev–Trinajstić information content (AvgIpc) is 3.27. The molecule has 1 saturated heterocycles. The van der Waals surface area contributed by atoms with Gasteiger partial charge in [0.25, 0.3) is 11.8 Å². The summed E-state index contributed by atoms with van der Waals surface area (Å²) in [5, 5.41) is 12.3. The highest BCUT2D eigenvalue weighted by Gasteiger charge is 2.30. The van der Waals surface area contributed by atoms with Gasteiger partial charge in [0.2, 0.25) is 0 Å². The maximum atomic E-state index is 13.3. The summed E-state index contributed by atoms with van der Waals surface area (Å²) in [6.07, 6.45) is 5.49. The Balaban J connectivity index is 1.23. The minimum absolute atomic E-state index is 0.0493. The van der Waals surface area contributed by atoms with E-state index in [1.165, 1.54) is 18.2 Å². The number of carbonyl (C=O) groups is 1. The van der Waals surface area contributed by atoms with Crippen molar-refractivity contribution in [2.45, 2.75) is 37.6 Å². The molecule has 1 aliphatic carbocycles. The van der Waals surface area contributed by atoms with E-state index in [0.29, 0.717) is 36.2 Å². The molecule has 3 heterocycles. The van der Waals surface area contributed by atoms with Crippen molar-refractivity contribution < 1.29 is 13.7 Å². The second-order valence-electron chi connectivity index (χ2n) is 7.47. The third-order valence-corrected chi connectivity index (χ3v) is 5.70. The van der Waals surface area contributed by atoms with Gasteiger partial charge in [-0.05, 0) is 43.9 Å². The van der Waals surface area contributed by atoms with E-state index in [4.69, 9.17) is 16.1 Å². The van der Waals surface area contributed by atoms with Crippen LogP contribution in [-0.2, 0) is 0 Å². The Kier molecular flexibility index (Phi) is 4.54. The van der Waals surface area contributed by atoms with Crippen LogP contribution in [0.3, 0.4) is 0 Å². The number of nitrogens with zero attached hydrogens (tertiary/aromatic N) is 6. The lowest BCUT2D eigenvalue weighted by atomic mass is 10.0. The number of halogens is 2. The van der Waals surface area contributed by atoms with Gasteiger partial charge in [-0.25, -0.2) is 9.07 Å². The lowest BCUT2D eigenvalue weighted by Gasteiger charge is -2.31. The fourth-order valence-electron chi connectivity index (χ4n) is 3.54. The molecule has 29 heavy (non-hydrogen) atoms. The SMILES string of the molecule is O=C(c1ccc(F)c(Cl)c1)N1CCC(n2cc(-c3nc(C4CC4)no3)nn2)CC1. The summed E-state index contributed by atoms with van der Waals surface area (Å²) in [6, 6.07) is 4.17. The minimum Gasteiger partial charge on any atom is -0.338 e. The van der Waals surface area contributed by atoms with Crippen molar-refractivity contribution in [3.8, 4) is 11.6 Å². The van der Waals surface area contributed by atoms with Crippen molar-refractivity contribution in [1.29, 1.82) is 0 Å². The molecular formula is C19H18ClFN6O2. The molecule has 0 N–H and O–H groups in total. The van der Waals surface area contributed by atoms with E-state index >= 15 is 0 Å². The van der Waals surface area contributed by atoms with Crippen LogP contribution in [0.1, 0.15) is 53.8 Å². The van der Waals surface area contributed by atoms with Gasteiger partial charge in [0.1, 0.15) is 5.82 Å². The summed E-state index contributed by atoms with van der Waals surface area (Å²) >= 11 is 5.79. The van der Waals surface area contributed by atoms with E-state index < -0.39 is 5.82 Å². The predicted molar refractivity (Wildman–Crippen MR) is 101 cm³/mol. The maximum absolute atomic E-state index is 13.3. The molecule has 8 nitrogen and oxygen atoms in total. The third-order valence-electron chi connectivity index (χ3n) is 5.41. The Bertz CT molecular complexity index is 1050. The Morgan fingerprint density at radius 2 is 2.00 bits per heavy atom. The first-order chi connectivity index (χ1) is 14.1. The second kappa shape index (κ2) is 7.22. The number of carbonyl (C=O) groups excluding carboxylic acids is 1. The molecule has 3 aromatic rings. The number of likely N-dealkylation sites (tertiary alicyclic amines) is 1. The highest BCUT2D eigenvalue weighted by molar-refractivity contribution is 6.31. The molecule has 2 fully saturated rings. The molecule has 0 unspecified atom stereocenters. The molecule has 0 bridgehead atoms. The van der Waals surface area contributed by atoms with Crippen LogP contribution in [0.4, 0.5) is 4.39 Å². The third kappa shape index (κ3) is 3.62. The van der Waals surface area contributed by atoms with Crippen LogP contribution in [0.2, 0.25) is 5.02 Å². The van der Waals surface area contributed by atoms with Gasteiger partial charge in [0.05, 0.1) is 17.3 Å². The largest absolute Gasteiger partial charge is 0.338 e. The Labute approximate surface area is 170 Å². The maximum Gasteiger partial charge on any atom is 0.280 e. The molecule has 5 rings (SSSR count). The van der Waals surface area contributed by atoms with Gasteiger partial charge in [0.15, 0.2) is 11.5 Å². The molecule has 2 aliphatic rings. The molecule has 1 aliphatic heterocycles. The Morgan fingerprint density at radius 3 is 2.72 bits per heavy atom. The first-order valence-electron chi connectivity index (χ1n) is 9.58. The fourth-order valence-corrected chi connectivity index (χ4v) is 3.73. The van der Waals surface area contributed by atoms with Gasteiger partial charge in [-0.1, -0.05) is 22.0 Å². The zero-order chi connectivity index (χ0) is 20.0. The van der Waals surface area contributed by atoms with Crippen LogP contribution in [0, 0.1) is 5.82 Å². The summed E-state index contributed by atoms with van der Waals surface area (Å²) < 4.78 is 20.4. The number of rotatable bonds is 4. The van der Waals surface area contributed by atoms with Crippen molar-refractivity contribution in [1.82, 2.24) is 30.0 Å². The van der Waals surface area contributed by atoms with E-state index in [-0.39, 0.29) is 17.0 Å². The standard InChI is InChI=1S/C19H18ClFN6O2/c20-14-9-12(3-4-15(14)21)19(28)26-7-5-13(6-8-26)27-10-16(23-25-27)18-22-17(24-29-18)11-1-2-11/h3-4,9-11,13H,1-2,5-8H2. The fraction of sp³-hybridized carbons (Fsp3) is 0.421. The monoisotopic (exact) mass is 416 g/mol. The zero-order valence-electron chi connectivity index (χ0n) is 15.5. The molecule has 1 saturated carbocycles. The normalized spacial score (nSPS) is 17.7. The summed E-state index contributed by atoms with van der Waals surface area (Å²) in [4.78, 5) is 18.8. The van der Waals surface area contributed by atoms with Crippen molar-refractivity contribution >= 4 is 17.5 Å². The number of hydrogen-bond donors (Lipinski definition) is 0. The summed E-state index contributed by atoms with van der Waals surface area (Å²) in [5.41, 5.74) is 0.949. The molecule has 1 aromatic carbocycles. The van der Waals surface area contributed by atoms with Crippen LogP contribution in [-0.4, -0.2) is 49.0 Å². The van der Waals surface area contributed by atoms with E-state index in [1.54, 1.807) is 9.58 Å². The Hall–Kier alpha value is -2.81.